The van der Waals surface area contributed by atoms with Gasteiger partial charge in [0.15, 0.2) is 9.84 Å². The molecule has 0 saturated heterocycles. The molecule has 7 nitrogen and oxygen atoms in total. The van der Waals surface area contributed by atoms with E-state index >= 15 is 0 Å². The molecule has 9 heteroatoms. The first-order chi connectivity index (χ1) is 11.8. The minimum Gasteiger partial charge on any atom is -0.278 e. The van der Waals surface area contributed by atoms with Crippen molar-refractivity contribution in [3.63, 3.8) is 0 Å². The molecule has 0 aliphatic carbocycles. The van der Waals surface area contributed by atoms with Crippen molar-refractivity contribution in [1.82, 2.24) is 0 Å². The largest absolute Gasteiger partial charge is 0.278 e. The topological polar surface area (TPSA) is 102 Å². The molecule has 0 saturated carbocycles. The van der Waals surface area contributed by atoms with Crippen LogP contribution in [0.1, 0.15) is 17.5 Å². The van der Waals surface area contributed by atoms with Gasteiger partial charge in [-0.25, -0.2) is 12.8 Å². The van der Waals surface area contributed by atoms with Crippen LogP contribution in [-0.4, -0.2) is 24.8 Å². The summed E-state index contributed by atoms with van der Waals surface area (Å²) >= 11 is 0. The molecule has 1 aliphatic rings. The van der Waals surface area contributed by atoms with E-state index in [4.69, 9.17) is 0 Å². The van der Waals surface area contributed by atoms with Gasteiger partial charge >= 0.3 is 0 Å². The van der Waals surface area contributed by atoms with Gasteiger partial charge in [0.05, 0.1) is 27.0 Å². The van der Waals surface area contributed by atoms with E-state index in [1.54, 1.807) is 13.0 Å². The first-order valence-corrected chi connectivity index (χ1v) is 9.03. The van der Waals surface area contributed by atoms with Crippen molar-refractivity contribution in [3.05, 3.63) is 63.5 Å². The predicted molar refractivity (Wildman–Crippen MR) is 91.1 cm³/mol. The number of hydrogen-bond acceptors (Lipinski definition) is 6. The highest BCUT2D eigenvalue weighted by molar-refractivity contribution is 7.91. The summed E-state index contributed by atoms with van der Waals surface area (Å²) in [5.41, 5.74) is 4.39. The van der Waals surface area contributed by atoms with Crippen LogP contribution in [-0.2, 0) is 9.84 Å². The van der Waals surface area contributed by atoms with E-state index in [2.05, 4.69) is 10.5 Å². The maximum Gasteiger partial charge on any atom is 0.271 e. The second-order valence-corrected chi connectivity index (χ2v) is 7.71. The lowest BCUT2D eigenvalue weighted by molar-refractivity contribution is -0.384. The van der Waals surface area contributed by atoms with Crippen molar-refractivity contribution in [2.75, 3.05) is 11.2 Å². The molecule has 1 aliphatic heterocycles. The van der Waals surface area contributed by atoms with Gasteiger partial charge in [-0.2, -0.15) is 5.10 Å². The van der Waals surface area contributed by atoms with Crippen LogP contribution in [0, 0.1) is 22.9 Å². The van der Waals surface area contributed by atoms with E-state index in [1.807, 2.05) is 0 Å². The molecule has 2 aromatic rings. The third-order valence-electron chi connectivity index (χ3n) is 3.94. The molecule has 25 heavy (non-hydrogen) atoms. The van der Waals surface area contributed by atoms with E-state index < -0.39 is 20.6 Å². The van der Waals surface area contributed by atoms with E-state index in [0.29, 0.717) is 11.4 Å². The van der Waals surface area contributed by atoms with E-state index in [1.165, 1.54) is 18.2 Å². The number of hydrogen-bond donors (Lipinski definition) is 1. The van der Waals surface area contributed by atoms with Gasteiger partial charge in [-0.3, -0.25) is 15.5 Å². The lowest BCUT2D eigenvalue weighted by atomic mass is 10.1. The van der Waals surface area contributed by atoms with E-state index in [9.17, 15) is 22.9 Å². The van der Waals surface area contributed by atoms with Crippen molar-refractivity contribution in [3.8, 4) is 0 Å². The van der Waals surface area contributed by atoms with Crippen LogP contribution < -0.4 is 5.43 Å². The molecule has 0 unspecified atom stereocenters. The van der Waals surface area contributed by atoms with Crippen LogP contribution in [0.15, 0.2) is 46.4 Å². The average Bonchev–Trinajstić information content (AvgIpc) is 2.55. The fraction of sp³-hybridized carbons (Fsp3) is 0.188. The average molecular weight is 363 g/mol. The molecule has 0 atom stereocenters. The van der Waals surface area contributed by atoms with Crippen LogP contribution in [0.25, 0.3) is 0 Å². The van der Waals surface area contributed by atoms with Gasteiger partial charge in [0.25, 0.3) is 5.69 Å². The number of hydrazone groups is 1. The number of anilines is 1. The number of non-ortho nitro benzene ring substituents is 1. The lowest BCUT2D eigenvalue weighted by Gasteiger charge is -2.18. The van der Waals surface area contributed by atoms with Crippen molar-refractivity contribution in [2.45, 2.75) is 18.2 Å². The Kier molecular flexibility index (Phi) is 4.25. The standard InChI is InChI=1S/C16H14FN3O4S/c1-10-2-4-12(20(21)22)9-15(10)19-18-14-6-7-25(23,24)16-5-3-11(17)8-13(14)16/h2-5,8-9,19H,6-7H2,1H3/b18-14-. The number of halogens is 1. The van der Waals surface area contributed by atoms with Crippen LogP contribution >= 0.6 is 0 Å². The number of nitrogens with one attached hydrogen (secondary N) is 1. The van der Waals surface area contributed by atoms with Crippen molar-refractivity contribution in [1.29, 1.82) is 0 Å². The fourth-order valence-electron chi connectivity index (χ4n) is 2.56. The normalized spacial score (nSPS) is 17.1. The first kappa shape index (κ1) is 17.0. The number of aryl methyl sites for hydroxylation is 1. The van der Waals surface area contributed by atoms with Gasteiger partial charge in [-0.1, -0.05) is 6.07 Å². The Bertz CT molecular complexity index is 1000. The fourth-order valence-corrected chi connectivity index (χ4v) is 4.03. The monoisotopic (exact) mass is 363 g/mol. The maximum atomic E-state index is 13.5. The summed E-state index contributed by atoms with van der Waals surface area (Å²) < 4.78 is 37.8. The molecule has 0 spiro atoms. The summed E-state index contributed by atoms with van der Waals surface area (Å²) in [5.74, 6) is -0.685. The smallest absolute Gasteiger partial charge is 0.271 e. The highest BCUT2D eigenvalue weighted by atomic mass is 32.2. The molecule has 130 valence electrons. The number of nitro groups is 1. The number of benzene rings is 2. The van der Waals surface area contributed by atoms with Crippen LogP contribution in [0.4, 0.5) is 15.8 Å². The number of nitro benzene ring substituents is 1. The summed E-state index contributed by atoms with van der Waals surface area (Å²) in [6.45, 7) is 1.76. The molecule has 0 fully saturated rings. The van der Waals surface area contributed by atoms with Crippen molar-refractivity contribution in [2.24, 2.45) is 5.10 Å². The second-order valence-electron chi connectivity index (χ2n) is 5.64. The Labute approximate surface area is 143 Å². The minimum atomic E-state index is -3.47. The second kappa shape index (κ2) is 6.25. The molecule has 0 radical (unpaired) electrons. The van der Waals surface area contributed by atoms with Crippen LogP contribution in [0.2, 0.25) is 0 Å². The molecule has 3 rings (SSSR count). The van der Waals surface area contributed by atoms with Gasteiger partial charge in [0, 0.05) is 24.1 Å². The molecule has 0 bridgehead atoms. The number of fused-ring (bicyclic) bond motifs is 1. The Morgan fingerprint density at radius 1 is 1.24 bits per heavy atom. The third kappa shape index (κ3) is 3.36. The predicted octanol–water partition coefficient (Wildman–Crippen LogP) is 3.04. The third-order valence-corrected chi connectivity index (χ3v) is 5.71. The molecule has 1 N–H and O–H groups in total. The Morgan fingerprint density at radius 2 is 2.00 bits per heavy atom. The van der Waals surface area contributed by atoms with Crippen molar-refractivity contribution >= 4 is 26.9 Å². The number of sulfone groups is 1. The Balaban J connectivity index is 2.00. The lowest BCUT2D eigenvalue weighted by Crippen LogP contribution is -2.23. The van der Waals surface area contributed by atoms with Gasteiger partial charge in [0.2, 0.25) is 0 Å². The molecule has 2 aromatic carbocycles. The minimum absolute atomic E-state index is 0.0384. The quantitative estimate of drug-likeness (QED) is 0.513. The Hall–Kier alpha value is -2.81. The molecular weight excluding hydrogens is 349 g/mol. The summed E-state index contributed by atoms with van der Waals surface area (Å²) in [6.07, 6.45) is 0.125. The molecule has 0 amide bonds. The molecule has 1 heterocycles. The highest BCUT2D eigenvalue weighted by Gasteiger charge is 2.28. The van der Waals surface area contributed by atoms with E-state index in [-0.39, 0.29) is 28.3 Å². The number of nitrogens with zero attached hydrogens (tertiary/aromatic N) is 2. The Morgan fingerprint density at radius 3 is 2.72 bits per heavy atom. The zero-order valence-corrected chi connectivity index (χ0v) is 14.0. The zero-order chi connectivity index (χ0) is 18.2. The van der Waals surface area contributed by atoms with Gasteiger partial charge in [-0.15, -0.1) is 0 Å². The first-order valence-electron chi connectivity index (χ1n) is 7.38. The number of rotatable bonds is 3. The summed E-state index contributed by atoms with van der Waals surface area (Å²) in [6, 6.07) is 7.76. The molecular formula is C16H14FN3O4S. The van der Waals surface area contributed by atoms with E-state index in [0.717, 1.165) is 17.7 Å². The highest BCUT2D eigenvalue weighted by Crippen LogP contribution is 2.27. The summed E-state index contributed by atoms with van der Waals surface area (Å²) in [4.78, 5) is 10.4. The molecule has 0 aromatic heterocycles. The van der Waals surface area contributed by atoms with Gasteiger partial charge < -0.3 is 0 Å². The van der Waals surface area contributed by atoms with Crippen LogP contribution in [0.3, 0.4) is 0 Å². The van der Waals surface area contributed by atoms with Crippen molar-refractivity contribution < 1.29 is 17.7 Å². The summed E-state index contributed by atoms with van der Waals surface area (Å²) in [5, 5.41) is 15.1. The zero-order valence-electron chi connectivity index (χ0n) is 13.2. The van der Waals surface area contributed by atoms with Crippen LogP contribution in [0.5, 0.6) is 0 Å². The van der Waals surface area contributed by atoms with Gasteiger partial charge in [0.1, 0.15) is 5.82 Å². The van der Waals surface area contributed by atoms with Gasteiger partial charge in [-0.05, 0) is 30.7 Å². The SMILES string of the molecule is Cc1ccc([N+](=O)[O-])cc1N/N=C1/CCS(=O)(=O)c2ccc(F)cc21. The summed E-state index contributed by atoms with van der Waals surface area (Å²) in [7, 11) is -3.47. The maximum absolute atomic E-state index is 13.5.